The molecule has 0 saturated heterocycles. The van der Waals surface area contributed by atoms with Gasteiger partial charge in [0.05, 0.1) is 0 Å². The number of benzene rings is 9. The van der Waals surface area contributed by atoms with Gasteiger partial charge in [-0.05, 0) is 173 Å². The van der Waals surface area contributed by atoms with E-state index >= 15 is 0 Å². The Bertz CT molecular complexity index is 3020. The van der Waals surface area contributed by atoms with Crippen molar-refractivity contribution in [3.8, 4) is 44.5 Å². The van der Waals surface area contributed by atoms with Crippen molar-refractivity contribution in [3.63, 3.8) is 0 Å². The molecule has 0 aliphatic heterocycles. The summed E-state index contributed by atoms with van der Waals surface area (Å²) in [6.07, 6.45) is 7.14. The topological polar surface area (TPSA) is 0 Å². The van der Waals surface area contributed by atoms with Crippen LogP contribution in [0, 0.1) is 23.7 Å². The SMILES string of the molecule is c1cc(-c2ccc3ccc4c(c3c2)-c2ccccc2C42C3CC4CC(C3)CC2C4)cc(-c2c3ccccc3c(-c3ccc4ccccc4c3)c3ccccc23)c1. The molecule has 0 unspecified atom stereocenters. The van der Waals surface area contributed by atoms with Gasteiger partial charge >= 0.3 is 0 Å². The average Bonchev–Trinajstić information content (AvgIpc) is 3.55. The zero-order valence-electron chi connectivity index (χ0n) is 31.5. The van der Waals surface area contributed by atoms with Crippen molar-refractivity contribution in [1.29, 1.82) is 0 Å². The van der Waals surface area contributed by atoms with Crippen LogP contribution in [0.1, 0.15) is 43.2 Å². The van der Waals surface area contributed by atoms with Crippen LogP contribution in [0.15, 0.2) is 170 Å². The number of hydrogen-bond donors (Lipinski definition) is 0. The first-order chi connectivity index (χ1) is 27.7. The van der Waals surface area contributed by atoms with Crippen LogP contribution in [-0.4, -0.2) is 0 Å². The molecule has 1 spiro atoms. The highest BCUT2D eigenvalue weighted by Crippen LogP contribution is 2.70. The highest BCUT2D eigenvalue weighted by molar-refractivity contribution is 6.22. The van der Waals surface area contributed by atoms with E-state index in [9.17, 15) is 0 Å². The van der Waals surface area contributed by atoms with Crippen molar-refractivity contribution in [2.45, 2.75) is 37.5 Å². The van der Waals surface area contributed by atoms with Crippen LogP contribution in [0.3, 0.4) is 0 Å². The summed E-state index contributed by atoms with van der Waals surface area (Å²) in [5.41, 5.74) is 14.2. The van der Waals surface area contributed by atoms with E-state index in [1.54, 1.807) is 11.1 Å². The third-order valence-electron chi connectivity index (χ3n) is 15.0. The van der Waals surface area contributed by atoms with Crippen LogP contribution in [0.25, 0.3) is 87.6 Å². The zero-order valence-corrected chi connectivity index (χ0v) is 31.5. The lowest BCUT2D eigenvalue weighted by Crippen LogP contribution is -2.55. The first kappa shape index (κ1) is 31.2. The first-order valence-electron chi connectivity index (χ1n) is 20.9. The number of fused-ring (bicyclic) bond motifs is 8. The maximum atomic E-state index is 2.55. The predicted molar refractivity (Wildman–Crippen MR) is 236 cm³/mol. The Balaban J connectivity index is 0.992. The van der Waals surface area contributed by atoms with Crippen molar-refractivity contribution >= 4 is 43.1 Å². The fourth-order valence-electron chi connectivity index (χ4n) is 13.1. The Hall–Kier alpha value is -5.98. The number of rotatable bonds is 3. The lowest BCUT2D eigenvalue weighted by molar-refractivity contribution is -0.0399. The third-order valence-corrected chi connectivity index (χ3v) is 15.0. The minimum Gasteiger partial charge on any atom is -0.0619 e. The third kappa shape index (κ3) is 4.20. The van der Waals surface area contributed by atoms with E-state index in [0.717, 1.165) is 23.7 Å². The molecule has 5 aliphatic carbocycles. The molecule has 0 N–H and O–H groups in total. The van der Waals surface area contributed by atoms with Crippen molar-refractivity contribution in [2.24, 2.45) is 23.7 Å². The van der Waals surface area contributed by atoms with Crippen molar-refractivity contribution < 1.29 is 0 Å². The first-order valence-corrected chi connectivity index (χ1v) is 20.9. The van der Waals surface area contributed by atoms with E-state index < -0.39 is 0 Å². The van der Waals surface area contributed by atoms with Gasteiger partial charge in [0.15, 0.2) is 0 Å². The van der Waals surface area contributed by atoms with Crippen LogP contribution < -0.4 is 0 Å². The highest BCUT2D eigenvalue weighted by Gasteiger charge is 2.61. The molecule has 56 heavy (non-hydrogen) atoms. The Morgan fingerprint density at radius 2 is 0.857 bits per heavy atom. The molecule has 4 bridgehead atoms. The molecule has 0 heterocycles. The Morgan fingerprint density at radius 1 is 0.321 bits per heavy atom. The van der Waals surface area contributed by atoms with Crippen molar-refractivity contribution in [2.75, 3.05) is 0 Å². The van der Waals surface area contributed by atoms with Crippen LogP contribution in [0.5, 0.6) is 0 Å². The molecule has 0 nitrogen and oxygen atoms in total. The summed E-state index contributed by atoms with van der Waals surface area (Å²) >= 11 is 0. The minimum atomic E-state index is 0.185. The summed E-state index contributed by atoms with van der Waals surface area (Å²) < 4.78 is 0. The largest absolute Gasteiger partial charge is 0.0619 e. The van der Waals surface area contributed by atoms with E-state index in [2.05, 4.69) is 170 Å². The summed E-state index contributed by atoms with van der Waals surface area (Å²) in [4.78, 5) is 0. The molecule has 4 fully saturated rings. The van der Waals surface area contributed by atoms with Crippen LogP contribution in [0.2, 0.25) is 0 Å². The summed E-state index contributed by atoms with van der Waals surface area (Å²) in [7, 11) is 0. The fourth-order valence-corrected chi connectivity index (χ4v) is 13.1. The summed E-state index contributed by atoms with van der Waals surface area (Å²) in [5.74, 6) is 3.44. The molecular weight excluding hydrogens is 673 g/mol. The number of hydrogen-bond acceptors (Lipinski definition) is 0. The molecule has 9 aromatic rings. The van der Waals surface area contributed by atoms with Gasteiger partial charge in [-0.25, -0.2) is 0 Å². The Kier molecular flexibility index (Phi) is 6.43. The molecule has 14 rings (SSSR count). The maximum absolute atomic E-state index is 2.55. The molecule has 0 radical (unpaired) electrons. The normalized spacial score (nSPS) is 23.1. The van der Waals surface area contributed by atoms with Gasteiger partial charge in [-0.2, -0.15) is 0 Å². The van der Waals surface area contributed by atoms with Crippen LogP contribution in [0.4, 0.5) is 0 Å². The molecule has 0 aromatic heterocycles. The summed E-state index contributed by atoms with van der Waals surface area (Å²) in [5, 5.41) is 10.5. The monoisotopic (exact) mass is 714 g/mol. The minimum absolute atomic E-state index is 0.185. The van der Waals surface area contributed by atoms with Gasteiger partial charge in [0.25, 0.3) is 0 Å². The zero-order chi connectivity index (χ0) is 36.5. The van der Waals surface area contributed by atoms with Gasteiger partial charge in [0.1, 0.15) is 0 Å². The summed E-state index contributed by atoms with van der Waals surface area (Å²) in [6, 6.07) is 64.9. The van der Waals surface area contributed by atoms with Crippen molar-refractivity contribution in [1.82, 2.24) is 0 Å². The molecule has 4 saturated carbocycles. The van der Waals surface area contributed by atoms with E-state index in [0.29, 0.717) is 0 Å². The molecular formula is C56H42. The van der Waals surface area contributed by atoms with Gasteiger partial charge in [-0.3, -0.25) is 0 Å². The van der Waals surface area contributed by atoms with E-state index in [1.807, 2.05) is 0 Å². The summed E-state index contributed by atoms with van der Waals surface area (Å²) in [6.45, 7) is 0. The fraction of sp³-hybridized carbons (Fsp3) is 0.179. The van der Waals surface area contributed by atoms with E-state index in [-0.39, 0.29) is 5.41 Å². The van der Waals surface area contributed by atoms with Crippen molar-refractivity contribution in [3.05, 3.63) is 181 Å². The van der Waals surface area contributed by atoms with E-state index in [4.69, 9.17) is 0 Å². The highest BCUT2D eigenvalue weighted by atomic mass is 14.6. The quantitative estimate of drug-likeness (QED) is 0.160. The van der Waals surface area contributed by atoms with Gasteiger partial charge < -0.3 is 0 Å². The van der Waals surface area contributed by atoms with Gasteiger partial charge in [0.2, 0.25) is 0 Å². The lowest BCUT2D eigenvalue weighted by atomic mass is 9.43. The molecule has 0 atom stereocenters. The van der Waals surface area contributed by atoms with Gasteiger partial charge in [-0.1, -0.05) is 152 Å². The molecule has 9 aromatic carbocycles. The second kappa shape index (κ2) is 11.5. The Labute approximate surface area is 328 Å². The van der Waals surface area contributed by atoms with Gasteiger partial charge in [-0.15, -0.1) is 0 Å². The second-order valence-corrected chi connectivity index (χ2v) is 17.6. The van der Waals surface area contributed by atoms with E-state index in [1.165, 1.54) is 120 Å². The smallest absolute Gasteiger partial charge is 0.0272 e. The molecule has 5 aliphatic rings. The lowest BCUT2D eigenvalue weighted by Gasteiger charge is -2.61. The molecule has 0 amide bonds. The van der Waals surface area contributed by atoms with Crippen LogP contribution >= 0.6 is 0 Å². The standard InChI is InChI=1S/C56H42/c1-2-11-38-31-42(23-20-36(38)10-1)54-47-16-5-3-14-45(47)53(46-15-4-6-17-48(46)54)41-13-9-12-39(32-41)40-22-21-37-24-25-52-55(50(37)33-40)49-18-7-8-19-51(49)56(52)43-27-34-26-35(29-43)30-44(56)28-34/h1-25,31-35,43-44H,26-30H2. The maximum Gasteiger partial charge on any atom is 0.0272 e. The molecule has 266 valence electrons. The average molecular weight is 715 g/mol. The van der Waals surface area contributed by atoms with Gasteiger partial charge in [0, 0.05) is 5.41 Å². The second-order valence-electron chi connectivity index (χ2n) is 17.6. The predicted octanol–water partition coefficient (Wildman–Crippen LogP) is 15.0. The Morgan fingerprint density at radius 3 is 1.57 bits per heavy atom. The van der Waals surface area contributed by atoms with Crippen LogP contribution in [-0.2, 0) is 5.41 Å². The molecule has 0 heteroatoms.